The van der Waals surface area contributed by atoms with Gasteiger partial charge in [-0.1, -0.05) is 32.1 Å². The molecule has 1 aromatic carbocycles. The summed E-state index contributed by atoms with van der Waals surface area (Å²) in [6.07, 6.45) is 6.20. The van der Waals surface area contributed by atoms with E-state index in [4.69, 9.17) is 0 Å². The quantitative estimate of drug-likeness (QED) is 0.614. The summed E-state index contributed by atoms with van der Waals surface area (Å²) >= 11 is 0. The van der Waals surface area contributed by atoms with Crippen molar-refractivity contribution in [1.29, 1.82) is 0 Å². The Morgan fingerprint density at radius 1 is 1.25 bits per heavy atom. The number of rotatable bonds is 1. The molecule has 2 rings (SSSR count). The van der Waals surface area contributed by atoms with Crippen LogP contribution in [0.25, 0.3) is 0 Å². The van der Waals surface area contributed by atoms with E-state index in [1.165, 1.54) is 5.56 Å². The predicted octanol–water partition coefficient (Wildman–Crippen LogP) is 4.38. The van der Waals surface area contributed by atoms with E-state index in [1.54, 1.807) is 6.07 Å². The summed E-state index contributed by atoms with van der Waals surface area (Å²) in [6.45, 7) is 6.31. The average molecular weight is 218 g/mol. The van der Waals surface area contributed by atoms with E-state index in [-0.39, 0.29) is 5.82 Å². The summed E-state index contributed by atoms with van der Waals surface area (Å²) < 4.78 is 14.1. The monoisotopic (exact) mass is 218 g/mol. The summed E-state index contributed by atoms with van der Waals surface area (Å²) in [6, 6.07) is 3.79. The first-order valence-corrected chi connectivity index (χ1v) is 6.03. The molecule has 0 aliphatic heterocycles. The van der Waals surface area contributed by atoms with Gasteiger partial charge in [0.1, 0.15) is 5.82 Å². The van der Waals surface area contributed by atoms with Gasteiger partial charge in [-0.2, -0.15) is 0 Å². The molecule has 0 radical (unpaired) electrons. The third kappa shape index (κ3) is 2.04. The lowest BCUT2D eigenvalue weighted by atomic mass is 9.83. The summed E-state index contributed by atoms with van der Waals surface area (Å²) in [5.41, 5.74) is 3.14. The molecule has 0 saturated carbocycles. The molecule has 16 heavy (non-hydrogen) atoms. The van der Waals surface area contributed by atoms with Crippen LogP contribution in [0.3, 0.4) is 0 Å². The van der Waals surface area contributed by atoms with E-state index in [1.807, 2.05) is 6.92 Å². The first-order valence-electron chi connectivity index (χ1n) is 6.03. The van der Waals surface area contributed by atoms with Crippen LogP contribution in [-0.4, -0.2) is 0 Å². The highest BCUT2D eigenvalue weighted by atomic mass is 19.1. The number of halogens is 1. The van der Waals surface area contributed by atoms with Crippen LogP contribution >= 0.6 is 0 Å². The molecule has 0 fully saturated rings. The lowest BCUT2D eigenvalue weighted by Gasteiger charge is -2.22. The molecule has 1 aliphatic carbocycles. The number of hydrogen-bond acceptors (Lipinski definition) is 0. The first kappa shape index (κ1) is 11.4. The van der Waals surface area contributed by atoms with Crippen LogP contribution in [0, 0.1) is 18.7 Å². The van der Waals surface area contributed by atoms with Crippen molar-refractivity contribution in [3.8, 4) is 0 Å². The molecule has 1 aliphatic rings. The van der Waals surface area contributed by atoms with Crippen LogP contribution < -0.4 is 0 Å². The highest BCUT2D eigenvalue weighted by Gasteiger charge is 2.23. The molecule has 0 heterocycles. The molecule has 1 aromatic rings. The van der Waals surface area contributed by atoms with Gasteiger partial charge < -0.3 is 0 Å². The van der Waals surface area contributed by atoms with Crippen molar-refractivity contribution in [2.45, 2.75) is 39.5 Å². The number of fused-ring (bicyclic) bond motifs is 1. The zero-order valence-electron chi connectivity index (χ0n) is 10.3. The Morgan fingerprint density at radius 2 is 2.00 bits per heavy atom. The van der Waals surface area contributed by atoms with Crippen molar-refractivity contribution in [2.24, 2.45) is 5.92 Å². The number of allylic oxidation sites excluding steroid dienone is 2. The largest absolute Gasteiger partial charge is 0.207 e. The minimum atomic E-state index is -0.0163. The van der Waals surface area contributed by atoms with Crippen molar-refractivity contribution >= 4 is 0 Å². The van der Waals surface area contributed by atoms with E-state index < -0.39 is 0 Å². The van der Waals surface area contributed by atoms with Crippen molar-refractivity contribution in [3.05, 3.63) is 46.8 Å². The molecule has 0 N–H and O–H groups in total. The number of aryl methyl sites for hydroxylation is 1. The van der Waals surface area contributed by atoms with Crippen LogP contribution in [0.4, 0.5) is 4.39 Å². The summed E-state index contributed by atoms with van der Waals surface area (Å²) in [5.74, 6) is 0.797. The lowest BCUT2D eigenvalue weighted by Crippen LogP contribution is -2.10. The molecule has 1 heteroatoms. The van der Waals surface area contributed by atoms with Gasteiger partial charge in [-0.3, -0.25) is 0 Å². The maximum atomic E-state index is 14.1. The lowest BCUT2D eigenvalue weighted by molar-refractivity contribution is 0.474. The van der Waals surface area contributed by atoms with Gasteiger partial charge >= 0.3 is 0 Å². The fourth-order valence-corrected chi connectivity index (χ4v) is 2.59. The Hall–Kier alpha value is -1.11. The second-order valence-corrected chi connectivity index (χ2v) is 5.08. The third-order valence-electron chi connectivity index (χ3n) is 3.43. The number of hydrogen-bond donors (Lipinski definition) is 0. The Balaban J connectivity index is 2.55. The zero-order valence-corrected chi connectivity index (χ0v) is 10.3. The van der Waals surface area contributed by atoms with Crippen LogP contribution in [-0.2, 0) is 6.42 Å². The smallest absolute Gasteiger partial charge is 0.127 e. The summed E-state index contributed by atoms with van der Waals surface area (Å²) in [5, 5.41) is 0. The fourth-order valence-electron chi connectivity index (χ4n) is 2.59. The fraction of sp³-hybridized carbons (Fsp3) is 0.467. The molecule has 86 valence electrons. The normalized spacial score (nSPS) is 19.7. The van der Waals surface area contributed by atoms with Gasteiger partial charge in [0.15, 0.2) is 0 Å². The Labute approximate surface area is 97.2 Å². The summed E-state index contributed by atoms with van der Waals surface area (Å²) in [7, 11) is 0. The topological polar surface area (TPSA) is 0 Å². The predicted molar refractivity (Wildman–Crippen MR) is 66.2 cm³/mol. The Bertz CT molecular complexity index is 416. The van der Waals surface area contributed by atoms with E-state index in [0.717, 1.165) is 24.0 Å². The molecule has 0 aromatic heterocycles. The molecule has 0 bridgehead atoms. The standard InChI is InChI=1S/C15H19F/c1-10(2)13-7-5-4-6-12-8-11(3)9-14(16)15(12)13/h4-5,8-10,13H,6-7H2,1-3H3. The molecule has 0 amide bonds. The van der Waals surface area contributed by atoms with Gasteiger partial charge in [0.25, 0.3) is 0 Å². The van der Waals surface area contributed by atoms with Gasteiger partial charge in [0.2, 0.25) is 0 Å². The zero-order chi connectivity index (χ0) is 11.7. The molecule has 1 unspecified atom stereocenters. The Kier molecular flexibility index (Phi) is 3.13. The molecular weight excluding hydrogens is 199 g/mol. The maximum Gasteiger partial charge on any atom is 0.127 e. The van der Waals surface area contributed by atoms with Gasteiger partial charge in [0.05, 0.1) is 0 Å². The van der Waals surface area contributed by atoms with E-state index in [0.29, 0.717) is 11.8 Å². The Morgan fingerprint density at radius 3 is 2.69 bits per heavy atom. The van der Waals surface area contributed by atoms with E-state index in [2.05, 4.69) is 32.1 Å². The molecule has 0 saturated heterocycles. The van der Waals surface area contributed by atoms with Crippen molar-refractivity contribution in [3.63, 3.8) is 0 Å². The van der Waals surface area contributed by atoms with E-state index >= 15 is 0 Å². The molecule has 1 atom stereocenters. The van der Waals surface area contributed by atoms with Gasteiger partial charge in [-0.05, 0) is 54.4 Å². The minimum absolute atomic E-state index is 0.0163. The molecule has 0 nitrogen and oxygen atoms in total. The van der Waals surface area contributed by atoms with Gasteiger partial charge in [-0.25, -0.2) is 4.39 Å². The SMILES string of the molecule is Cc1cc(F)c2c(c1)CC=CCC2C(C)C. The number of benzene rings is 1. The van der Waals surface area contributed by atoms with Crippen molar-refractivity contribution < 1.29 is 4.39 Å². The van der Waals surface area contributed by atoms with Crippen LogP contribution in [0.15, 0.2) is 24.3 Å². The van der Waals surface area contributed by atoms with Crippen LogP contribution in [0.2, 0.25) is 0 Å². The highest BCUT2D eigenvalue weighted by molar-refractivity contribution is 5.38. The van der Waals surface area contributed by atoms with Crippen LogP contribution in [0.1, 0.15) is 42.9 Å². The first-order chi connectivity index (χ1) is 7.59. The second-order valence-electron chi connectivity index (χ2n) is 5.08. The minimum Gasteiger partial charge on any atom is -0.207 e. The van der Waals surface area contributed by atoms with Crippen molar-refractivity contribution in [1.82, 2.24) is 0 Å². The summed E-state index contributed by atoms with van der Waals surface area (Å²) in [4.78, 5) is 0. The van der Waals surface area contributed by atoms with E-state index in [9.17, 15) is 4.39 Å². The molecule has 0 spiro atoms. The second kappa shape index (κ2) is 4.40. The highest BCUT2D eigenvalue weighted by Crippen LogP contribution is 2.35. The maximum absolute atomic E-state index is 14.1. The van der Waals surface area contributed by atoms with Gasteiger partial charge in [0, 0.05) is 0 Å². The van der Waals surface area contributed by atoms with Crippen LogP contribution in [0.5, 0.6) is 0 Å². The average Bonchev–Trinajstić information content (AvgIpc) is 2.39. The van der Waals surface area contributed by atoms with Crippen molar-refractivity contribution in [2.75, 3.05) is 0 Å². The molecular formula is C15H19F. The third-order valence-corrected chi connectivity index (χ3v) is 3.43. The van der Waals surface area contributed by atoms with Gasteiger partial charge in [-0.15, -0.1) is 0 Å².